The first-order chi connectivity index (χ1) is 29.2. The third-order valence-corrected chi connectivity index (χ3v) is 12.1. The van der Waals surface area contributed by atoms with E-state index in [2.05, 4.69) is 67.8 Å². The Kier molecular flexibility index (Phi) is 49.3. The van der Waals surface area contributed by atoms with Crippen LogP contribution in [0, 0.1) is 0 Å². The van der Waals surface area contributed by atoms with Gasteiger partial charge in [0.05, 0.1) is 18.8 Å². The van der Waals surface area contributed by atoms with Gasteiger partial charge in [0.25, 0.3) is 0 Å². The minimum absolute atomic E-state index is 0.0306. The number of allylic oxidation sites excluding steroid dienone is 8. The highest BCUT2D eigenvalue weighted by Gasteiger charge is 2.20. The summed E-state index contributed by atoms with van der Waals surface area (Å²) in [6.45, 7) is 4.22. The maximum atomic E-state index is 12.4. The van der Waals surface area contributed by atoms with Crippen molar-refractivity contribution in [2.75, 3.05) is 6.61 Å². The molecule has 4 heteroatoms. The number of amides is 1. The van der Waals surface area contributed by atoms with E-state index < -0.39 is 12.1 Å². The fourth-order valence-corrected chi connectivity index (χ4v) is 8.12. The van der Waals surface area contributed by atoms with Crippen molar-refractivity contribution in [3.63, 3.8) is 0 Å². The molecule has 3 N–H and O–H groups in total. The molecule has 0 heterocycles. The van der Waals surface area contributed by atoms with Crippen molar-refractivity contribution < 1.29 is 15.0 Å². The lowest BCUT2D eigenvalue weighted by molar-refractivity contribution is -0.123. The van der Waals surface area contributed by atoms with Crippen LogP contribution in [0.4, 0.5) is 0 Å². The predicted octanol–water partition coefficient (Wildman–Crippen LogP) is 17.1. The minimum atomic E-state index is -0.654. The molecule has 4 nitrogen and oxygen atoms in total. The molecule has 0 saturated heterocycles. The first-order valence-corrected chi connectivity index (χ1v) is 26.3. The molecule has 0 fully saturated rings. The lowest BCUT2D eigenvalue weighted by Gasteiger charge is -2.22. The quantitative estimate of drug-likeness (QED) is 0.0423. The fraction of sp³-hybridized carbons (Fsp3) is 0.836. The summed E-state index contributed by atoms with van der Waals surface area (Å²) in [7, 11) is 0. The van der Waals surface area contributed by atoms with Crippen molar-refractivity contribution in [2.45, 2.75) is 289 Å². The number of aliphatic hydroxyl groups is 2. The van der Waals surface area contributed by atoms with Gasteiger partial charge < -0.3 is 15.5 Å². The molecule has 0 saturated carbocycles. The van der Waals surface area contributed by atoms with Gasteiger partial charge >= 0.3 is 0 Å². The van der Waals surface area contributed by atoms with E-state index in [-0.39, 0.29) is 12.5 Å². The van der Waals surface area contributed by atoms with Crippen molar-refractivity contribution in [2.24, 2.45) is 0 Å². The zero-order chi connectivity index (χ0) is 42.8. The summed E-state index contributed by atoms with van der Waals surface area (Å²) in [5, 5.41) is 23.0. The monoisotopic (exact) mass is 826 g/mol. The molecule has 0 radical (unpaired) electrons. The lowest BCUT2D eigenvalue weighted by atomic mass is 10.0. The first kappa shape index (κ1) is 57.3. The normalized spacial score (nSPS) is 13.2. The van der Waals surface area contributed by atoms with Crippen molar-refractivity contribution in [1.82, 2.24) is 5.32 Å². The van der Waals surface area contributed by atoms with E-state index >= 15 is 0 Å². The van der Waals surface area contributed by atoms with Gasteiger partial charge in [-0.05, 0) is 51.4 Å². The van der Waals surface area contributed by atoms with Crippen LogP contribution in [-0.2, 0) is 4.79 Å². The Bertz CT molecular complexity index is 939. The molecule has 0 aliphatic heterocycles. The van der Waals surface area contributed by atoms with Crippen LogP contribution >= 0.6 is 0 Å². The molecule has 59 heavy (non-hydrogen) atoms. The minimum Gasteiger partial charge on any atom is -0.394 e. The largest absolute Gasteiger partial charge is 0.394 e. The summed E-state index contributed by atoms with van der Waals surface area (Å²) >= 11 is 0. The van der Waals surface area contributed by atoms with E-state index in [9.17, 15) is 15.0 Å². The number of hydrogen-bond donors (Lipinski definition) is 3. The van der Waals surface area contributed by atoms with Crippen LogP contribution in [-0.4, -0.2) is 34.9 Å². The molecule has 0 aliphatic rings. The molecule has 2 unspecified atom stereocenters. The molecule has 0 aromatic rings. The summed E-state index contributed by atoms with van der Waals surface area (Å²) < 4.78 is 0. The highest BCUT2D eigenvalue weighted by atomic mass is 16.3. The topological polar surface area (TPSA) is 69.6 Å². The molecule has 0 spiro atoms. The lowest BCUT2D eigenvalue weighted by Crippen LogP contribution is -2.45. The zero-order valence-electron chi connectivity index (χ0n) is 39.8. The molecular weight excluding hydrogens is 723 g/mol. The smallest absolute Gasteiger partial charge is 0.220 e. The summed E-state index contributed by atoms with van der Waals surface area (Å²) in [4.78, 5) is 12.4. The Morgan fingerprint density at radius 3 is 1.12 bits per heavy atom. The molecule has 1 amide bonds. The number of carbonyl (C=O) groups excluding carboxylic acids is 1. The number of unbranched alkanes of at least 4 members (excludes halogenated alkanes) is 33. The van der Waals surface area contributed by atoms with Crippen LogP contribution in [0.2, 0.25) is 0 Å². The Morgan fingerprint density at radius 1 is 0.424 bits per heavy atom. The Balaban J connectivity index is 3.33. The van der Waals surface area contributed by atoms with E-state index in [0.717, 1.165) is 51.4 Å². The summed E-state index contributed by atoms with van der Waals surface area (Å²) in [5.74, 6) is -0.0306. The average molecular weight is 826 g/mol. The third kappa shape index (κ3) is 47.3. The van der Waals surface area contributed by atoms with Crippen LogP contribution in [0.3, 0.4) is 0 Å². The second-order valence-corrected chi connectivity index (χ2v) is 17.9. The molecule has 0 bridgehead atoms. The van der Waals surface area contributed by atoms with Gasteiger partial charge in [-0.25, -0.2) is 0 Å². The second kappa shape index (κ2) is 50.7. The molecule has 346 valence electrons. The van der Waals surface area contributed by atoms with E-state index in [1.54, 1.807) is 0 Å². The second-order valence-electron chi connectivity index (χ2n) is 17.9. The average Bonchev–Trinajstić information content (AvgIpc) is 3.24. The van der Waals surface area contributed by atoms with E-state index in [0.29, 0.717) is 12.8 Å². The summed E-state index contributed by atoms with van der Waals surface area (Å²) in [6.07, 6.45) is 69.8. The maximum Gasteiger partial charge on any atom is 0.220 e. The van der Waals surface area contributed by atoms with Crippen LogP contribution in [0.5, 0.6) is 0 Å². The molecule has 0 aliphatic carbocycles. The van der Waals surface area contributed by atoms with Gasteiger partial charge in [-0.15, -0.1) is 0 Å². The van der Waals surface area contributed by atoms with Crippen molar-refractivity contribution in [3.8, 4) is 0 Å². The number of nitrogens with one attached hydrogen (secondary N) is 1. The number of aliphatic hydroxyl groups excluding tert-OH is 2. The van der Waals surface area contributed by atoms with Crippen molar-refractivity contribution >= 4 is 5.91 Å². The zero-order valence-corrected chi connectivity index (χ0v) is 39.8. The van der Waals surface area contributed by atoms with E-state index in [1.165, 1.54) is 199 Å². The Labute approximate surface area is 369 Å². The highest BCUT2D eigenvalue weighted by Crippen LogP contribution is 2.17. The molecule has 0 aromatic carbocycles. The Hall–Kier alpha value is -1.65. The molecule has 0 aromatic heterocycles. The highest BCUT2D eigenvalue weighted by molar-refractivity contribution is 5.76. The standard InChI is InChI=1S/C55H103NO3/c1-3-5-7-9-11-13-14-15-16-17-18-19-20-21-22-23-24-25-26-27-28-29-30-31-32-33-34-35-36-37-38-39-40-41-42-43-45-47-49-51-55(59)56-53(52-57)54(58)50-48-46-44-12-10-8-6-4-2/h5,7,11,13,15-16,18-19,53-54,57-58H,3-4,6,8-10,12,14,17,20-52H2,1-2H3,(H,56,59)/b7-5-,13-11-,16-15-,19-18-. The van der Waals surface area contributed by atoms with Gasteiger partial charge in [-0.3, -0.25) is 4.79 Å². The van der Waals surface area contributed by atoms with E-state index in [4.69, 9.17) is 0 Å². The van der Waals surface area contributed by atoms with Crippen LogP contribution < -0.4 is 5.32 Å². The van der Waals surface area contributed by atoms with Gasteiger partial charge in [-0.1, -0.05) is 268 Å². The third-order valence-electron chi connectivity index (χ3n) is 12.1. The van der Waals surface area contributed by atoms with Crippen LogP contribution in [0.1, 0.15) is 277 Å². The summed E-state index contributed by atoms with van der Waals surface area (Å²) in [6, 6.07) is -0.531. The van der Waals surface area contributed by atoms with Gasteiger partial charge in [0, 0.05) is 6.42 Å². The van der Waals surface area contributed by atoms with Crippen LogP contribution in [0.25, 0.3) is 0 Å². The van der Waals surface area contributed by atoms with Crippen molar-refractivity contribution in [3.05, 3.63) is 48.6 Å². The maximum absolute atomic E-state index is 12.4. The molecular formula is C55H103NO3. The van der Waals surface area contributed by atoms with Crippen LogP contribution in [0.15, 0.2) is 48.6 Å². The predicted molar refractivity (Wildman–Crippen MR) is 262 cm³/mol. The Morgan fingerprint density at radius 2 is 0.746 bits per heavy atom. The van der Waals surface area contributed by atoms with Crippen molar-refractivity contribution in [1.29, 1.82) is 0 Å². The fourth-order valence-electron chi connectivity index (χ4n) is 8.12. The first-order valence-electron chi connectivity index (χ1n) is 26.3. The van der Waals surface area contributed by atoms with Gasteiger partial charge in [0.2, 0.25) is 5.91 Å². The SMILES string of the molecule is CC/C=C\C/C=C\C/C=C\C/C=C\CCCCCCCCCCCCCCCCCCCCCCCCCCCCC(=O)NC(CO)C(O)CCCCCCCCCC. The van der Waals surface area contributed by atoms with Gasteiger partial charge in [0.15, 0.2) is 0 Å². The van der Waals surface area contributed by atoms with E-state index in [1.807, 2.05) is 0 Å². The van der Waals surface area contributed by atoms with Gasteiger partial charge in [0.1, 0.15) is 0 Å². The summed E-state index contributed by atoms with van der Waals surface area (Å²) in [5.41, 5.74) is 0. The molecule has 2 atom stereocenters. The number of rotatable bonds is 48. The number of hydrogen-bond acceptors (Lipinski definition) is 3. The molecule has 0 rings (SSSR count). The van der Waals surface area contributed by atoms with Gasteiger partial charge in [-0.2, -0.15) is 0 Å². The number of carbonyl (C=O) groups is 1.